The topological polar surface area (TPSA) is 29.5 Å². The third-order valence-electron chi connectivity index (χ3n) is 4.18. The maximum Gasteiger partial charge on any atom is 0.0943 e. The Morgan fingerprint density at radius 3 is 2.60 bits per heavy atom. The van der Waals surface area contributed by atoms with Gasteiger partial charge in [-0.2, -0.15) is 0 Å². The van der Waals surface area contributed by atoms with Crippen LogP contribution in [0.1, 0.15) is 44.6 Å². The first-order valence-corrected chi connectivity index (χ1v) is 8.09. The maximum absolute atomic E-state index is 10.7. The van der Waals surface area contributed by atoms with Gasteiger partial charge in [0.2, 0.25) is 0 Å². The summed E-state index contributed by atoms with van der Waals surface area (Å²) in [5.41, 5.74) is 0.467. The third kappa shape index (κ3) is 3.48. The molecular weight excluding hydrogens is 295 g/mol. The first kappa shape index (κ1) is 16.1. The Labute approximate surface area is 131 Å². The van der Waals surface area contributed by atoms with Crippen LogP contribution in [-0.4, -0.2) is 23.4 Å². The van der Waals surface area contributed by atoms with Crippen molar-refractivity contribution >= 4 is 23.2 Å². The lowest BCUT2D eigenvalue weighted by Gasteiger charge is -2.41. The first-order chi connectivity index (χ1) is 9.59. The Bertz CT molecular complexity index is 437. The molecule has 0 aromatic heterocycles. The van der Waals surface area contributed by atoms with E-state index in [2.05, 4.69) is 0 Å². The van der Waals surface area contributed by atoms with Crippen LogP contribution in [0.15, 0.2) is 18.2 Å². The molecule has 1 aromatic rings. The van der Waals surface area contributed by atoms with Gasteiger partial charge in [-0.15, -0.1) is 0 Å². The van der Waals surface area contributed by atoms with Crippen molar-refractivity contribution in [1.29, 1.82) is 0 Å². The van der Waals surface area contributed by atoms with Gasteiger partial charge in [-0.3, -0.25) is 0 Å². The normalized spacial score (nSPS) is 19.8. The Morgan fingerprint density at radius 2 is 1.95 bits per heavy atom. The van der Waals surface area contributed by atoms with E-state index in [0.717, 1.165) is 31.2 Å². The number of rotatable bonds is 5. The SMILES string of the molecule is CCOC1(C(O)Cc2cccc(Cl)c2Cl)CCCCC1. The zero-order valence-electron chi connectivity index (χ0n) is 11.9. The molecule has 1 unspecified atom stereocenters. The van der Waals surface area contributed by atoms with E-state index in [9.17, 15) is 5.11 Å². The molecule has 20 heavy (non-hydrogen) atoms. The largest absolute Gasteiger partial charge is 0.390 e. The Kier molecular flexibility index (Phi) is 5.74. The van der Waals surface area contributed by atoms with Crippen LogP contribution in [-0.2, 0) is 11.2 Å². The lowest BCUT2D eigenvalue weighted by Crippen LogP contribution is -2.47. The summed E-state index contributed by atoms with van der Waals surface area (Å²) in [6.45, 7) is 2.61. The summed E-state index contributed by atoms with van der Waals surface area (Å²) in [5, 5.41) is 11.8. The molecular formula is C16H22Cl2O2. The number of hydrogen-bond donors (Lipinski definition) is 1. The van der Waals surface area contributed by atoms with Gasteiger partial charge in [-0.1, -0.05) is 54.6 Å². The van der Waals surface area contributed by atoms with Crippen LogP contribution in [0.3, 0.4) is 0 Å². The highest BCUT2D eigenvalue weighted by atomic mass is 35.5. The fourth-order valence-corrected chi connectivity index (χ4v) is 3.51. The van der Waals surface area contributed by atoms with Gasteiger partial charge in [0.25, 0.3) is 0 Å². The van der Waals surface area contributed by atoms with Gasteiger partial charge >= 0.3 is 0 Å². The number of hydrogen-bond acceptors (Lipinski definition) is 2. The van der Waals surface area contributed by atoms with E-state index in [1.165, 1.54) is 6.42 Å². The molecule has 0 bridgehead atoms. The number of halogens is 2. The van der Waals surface area contributed by atoms with Crippen LogP contribution in [0.25, 0.3) is 0 Å². The van der Waals surface area contributed by atoms with Crippen LogP contribution < -0.4 is 0 Å². The molecule has 1 saturated carbocycles. The molecule has 0 spiro atoms. The Hall–Kier alpha value is -0.280. The predicted octanol–water partition coefficient (Wildman–Crippen LogP) is 4.64. The van der Waals surface area contributed by atoms with E-state index < -0.39 is 11.7 Å². The van der Waals surface area contributed by atoms with Crippen LogP contribution in [0.2, 0.25) is 10.0 Å². The van der Waals surface area contributed by atoms with E-state index in [-0.39, 0.29) is 0 Å². The quantitative estimate of drug-likeness (QED) is 0.857. The average Bonchev–Trinajstić information content (AvgIpc) is 2.45. The van der Waals surface area contributed by atoms with Crippen LogP contribution in [0, 0.1) is 0 Å². The summed E-state index contributed by atoms with van der Waals surface area (Å²) >= 11 is 12.2. The van der Waals surface area contributed by atoms with Crippen molar-refractivity contribution in [3.8, 4) is 0 Å². The zero-order chi connectivity index (χ0) is 14.6. The van der Waals surface area contributed by atoms with Gasteiger partial charge in [-0.05, 0) is 31.4 Å². The minimum Gasteiger partial charge on any atom is -0.390 e. The molecule has 0 amide bonds. The summed E-state index contributed by atoms with van der Waals surface area (Å²) < 4.78 is 5.95. The van der Waals surface area contributed by atoms with E-state index in [1.807, 2.05) is 19.1 Å². The predicted molar refractivity (Wildman–Crippen MR) is 83.6 cm³/mol. The highest BCUT2D eigenvalue weighted by Gasteiger charge is 2.39. The highest BCUT2D eigenvalue weighted by molar-refractivity contribution is 6.42. The second-order valence-corrected chi connectivity index (χ2v) is 6.28. The number of aliphatic hydroxyl groups is 1. The molecule has 2 rings (SSSR count). The van der Waals surface area contributed by atoms with Crippen LogP contribution in [0.4, 0.5) is 0 Å². The molecule has 2 nitrogen and oxygen atoms in total. The lowest BCUT2D eigenvalue weighted by atomic mass is 9.78. The third-order valence-corrected chi connectivity index (χ3v) is 5.04. The highest BCUT2D eigenvalue weighted by Crippen LogP contribution is 2.37. The second kappa shape index (κ2) is 7.13. The van der Waals surface area contributed by atoms with Gasteiger partial charge in [0.1, 0.15) is 0 Å². The number of benzene rings is 1. The summed E-state index contributed by atoms with van der Waals surface area (Å²) in [6.07, 6.45) is 5.22. The molecule has 0 saturated heterocycles. The molecule has 1 aliphatic carbocycles. The van der Waals surface area contributed by atoms with Crippen molar-refractivity contribution in [2.75, 3.05) is 6.61 Å². The fourth-order valence-electron chi connectivity index (χ4n) is 3.11. The standard InChI is InChI=1S/C16H22Cl2O2/c1-2-20-16(9-4-3-5-10-16)14(19)11-12-7-6-8-13(17)15(12)18/h6-8,14,19H,2-5,9-11H2,1H3. The summed E-state index contributed by atoms with van der Waals surface area (Å²) in [5.74, 6) is 0. The molecule has 112 valence electrons. The van der Waals surface area contributed by atoms with Crippen LogP contribution >= 0.6 is 23.2 Å². The van der Waals surface area contributed by atoms with Gasteiger partial charge in [0.15, 0.2) is 0 Å². The number of aliphatic hydroxyl groups excluding tert-OH is 1. The molecule has 4 heteroatoms. The molecule has 0 radical (unpaired) electrons. The monoisotopic (exact) mass is 316 g/mol. The molecule has 1 atom stereocenters. The van der Waals surface area contributed by atoms with Gasteiger partial charge in [0.05, 0.1) is 21.8 Å². The second-order valence-electron chi connectivity index (χ2n) is 5.49. The van der Waals surface area contributed by atoms with Gasteiger partial charge in [0, 0.05) is 13.0 Å². The molecule has 1 fully saturated rings. The minimum absolute atomic E-state index is 0.418. The smallest absolute Gasteiger partial charge is 0.0943 e. The van der Waals surface area contributed by atoms with Crippen LogP contribution in [0.5, 0.6) is 0 Å². The van der Waals surface area contributed by atoms with Gasteiger partial charge in [-0.25, -0.2) is 0 Å². The van der Waals surface area contributed by atoms with Crippen molar-refractivity contribution in [1.82, 2.24) is 0 Å². The fraction of sp³-hybridized carbons (Fsp3) is 0.625. The summed E-state index contributed by atoms with van der Waals surface area (Å²) in [4.78, 5) is 0. The number of ether oxygens (including phenoxy) is 1. The van der Waals surface area contributed by atoms with Crippen molar-refractivity contribution < 1.29 is 9.84 Å². The molecule has 1 aliphatic rings. The van der Waals surface area contributed by atoms with Crippen molar-refractivity contribution in [2.45, 2.75) is 57.2 Å². The summed E-state index contributed by atoms with van der Waals surface area (Å²) in [7, 11) is 0. The van der Waals surface area contributed by atoms with Gasteiger partial charge < -0.3 is 9.84 Å². The average molecular weight is 317 g/mol. The van der Waals surface area contributed by atoms with Crippen molar-refractivity contribution in [3.63, 3.8) is 0 Å². The molecule has 0 heterocycles. The van der Waals surface area contributed by atoms with E-state index in [0.29, 0.717) is 23.1 Å². The van der Waals surface area contributed by atoms with Crippen molar-refractivity contribution in [3.05, 3.63) is 33.8 Å². The van der Waals surface area contributed by atoms with E-state index in [4.69, 9.17) is 27.9 Å². The van der Waals surface area contributed by atoms with E-state index >= 15 is 0 Å². The maximum atomic E-state index is 10.7. The summed E-state index contributed by atoms with van der Waals surface area (Å²) in [6, 6.07) is 5.54. The molecule has 0 aliphatic heterocycles. The molecule has 1 aromatic carbocycles. The first-order valence-electron chi connectivity index (χ1n) is 7.34. The zero-order valence-corrected chi connectivity index (χ0v) is 13.4. The lowest BCUT2D eigenvalue weighted by molar-refractivity contribution is -0.138. The Balaban J connectivity index is 2.15. The van der Waals surface area contributed by atoms with Crippen molar-refractivity contribution in [2.24, 2.45) is 0 Å². The minimum atomic E-state index is -0.543. The van der Waals surface area contributed by atoms with E-state index in [1.54, 1.807) is 6.07 Å². The molecule has 1 N–H and O–H groups in total. The Morgan fingerprint density at radius 1 is 1.25 bits per heavy atom.